The minimum absolute atomic E-state index is 0.163. The van der Waals surface area contributed by atoms with E-state index < -0.39 is 17.5 Å². The summed E-state index contributed by atoms with van der Waals surface area (Å²) >= 11 is 3.20. The van der Waals surface area contributed by atoms with Gasteiger partial charge in [0.25, 0.3) is 5.91 Å². The molecule has 1 aliphatic carbocycles. The van der Waals surface area contributed by atoms with Crippen molar-refractivity contribution in [2.24, 2.45) is 5.73 Å². The Bertz CT molecular complexity index is 440. The van der Waals surface area contributed by atoms with Gasteiger partial charge in [-0.3, -0.25) is 4.79 Å². The number of primary amides is 1. The van der Waals surface area contributed by atoms with E-state index in [-0.39, 0.29) is 5.69 Å². The van der Waals surface area contributed by atoms with Gasteiger partial charge in [-0.25, -0.2) is 9.78 Å². The van der Waals surface area contributed by atoms with Crippen LogP contribution < -0.4 is 5.73 Å². The molecule has 6 heteroatoms. The van der Waals surface area contributed by atoms with Gasteiger partial charge in [-0.05, 0) is 28.1 Å². The van der Waals surface area contributed by atoms with Crippen LogP contribution in [0.5, 0.6) is 0 Å². The molecule has 16 heavy (non-hydrogen) atoms. The average Bonchev–Trinajstić information content (AvgIpc) is 3.00. The molecule has 1 saturated carbocycles. The first-order chi connectivity index (χ1) is 7.53. The Labute approximate surface area is 100 Å². The first-order valence-electron chi connectivity index (χ1n) is 4.68. The molecule has 1 heterocycles. The molecule has 0 aliphatic heterocycles. The van der Waals surface area contributed by atoms with Crippen molar-refractivity contribution in [3.05, 3.63) is 28.5 Å². The van der Waals surface area contributed by atoms with Gasteiger partial charge in [-0.2, -0.15) is 0 Å². The Balaban J connectivity index is 2.09. The molecule has 1 amide bonds. The number of hydrogen-bond acceptors (Lipinski definition) is 4. The number of carbonyl (C=O) groups excluding carboxylic acids is 2. The van der Waals surface area contributed by atoms with Crippen LogP contribution in [-0.2, 0) is 9.53 Å². The summed E-state index contributed by atoms with van der Waals surface area (Å²) in [5, 5.41) is 0. The SMILES string of the molecule is NC(=O)C1(OC(=O)c2ccc(Br)cn2)CC1. The van der Waals surface area contributed by atoms with E-state index in [4.69, 9.17) is 10.5 Å². The number of nitrogens with two attached hydrogens (primary N) is 1. The van der Waals surface area contributed by atoms with E-state index in [1.54, 1.807) is 6.07 Å². The number of amides is 1. The van der Waals surface area contributed by atoms with Crippen LogP contribution in [0.1, 0.15) is 23.3 Å². The number of esters is 1. The first kappa shape index (κ1) is 11.1. The second-order valence-corrected chi connectivity index (χ2v) is 4.53. The molecule has 0 saturated heterocycles. The number of nitrogens with zero attached hydrogens (tertiary/aromatic N) is 1. The average molecular weight is 285 g/mol. The fourth-order valence-corrected chi connectivity index (χ4v) is 1.47. The molecule has 1 aliphatic rings. The van der Waals surface area contributed by atoms with Crippen LogP contribution in [0.3, 0.4) is 0 Å². The molecule has 0 unspecified atom stereocenters. The van der Waals surface area contributed by atoms with Crippen molar-refractivity contribution in [3.63, 3.8) is 0 Å². The summed E-state index contributed by atoms with van der Waals surface area (Å²) in [5.41, 5.74) is 4.21. The normalized spacial score (nSPS) is 16.6. The van der Waals surface area contributed by atoms with Crippen molar-refractivity contribution in [1.29, 1.82) is 0 Å². The molecule has 2 N–H and O–H groups in total. The van der Waals surface area contributed by atoms with Gasteiger partial charge in [0, 0.05) is 23.5 Å². The van der Waals surface area contributed by atoms with Crippen LogP contribution in [0.15, 0.2) is 22.8 Å². The van der Waals surface area contributed by atoms with Gasteiger partial charge >= 0.3 is 5.97 Å². The molecular weight excluding hydrogens is 276 g/mol. The molecule has 1 fully saturated rings. The van der Waals surface area contributed by atoms with E-state index in [0.29, 0.717) is 12.8 Å². The molecule has 0 bridgehead atoms. The highest BCUT2D eigenvalue weighted by molar-refractivity contribution is 9.10. The number of rotatable bonds is 3. The highest BCUT2D eigenvalue weighted by Gasteiger charge is 2.53. The third kappa shape index (κ3) is 2.06. The Kier molecular flexibility index (Phi) is 2.67. The summed E-state index contributed by atoms with van der Waals surface area (Å²) in [6, 6.07) is 3.19. The predicted molar refractivity (Wildman–Crippen MR) is 58.5 cm³/mol. The molecule has 2 rings (SSSR count). The van der Waals surface area contributed by atoms with Gasteiger partial charge in [0.05, 0.1) is 0 Å². The van der Waals surface area contributed by atoms with Gasteiger partial charge < -0.3 is 10.5 Å². The van der Waals surface area contributed by atoms with E-state index in [0.717, 1.165) is 4.47 Å². The van der Waals surface area contributed by atoms with Gasteiger partial charge in [-0.1, -0.05) is 0 Å². The molecule has 0 aromatic carbocycles. The standard InChI is InChI=1S/C10H9BrN2O3/c11-6-1-2-7(13-5-6)8(14)16-10(3-4-10)9(12)15/h1-2,5H,3-4H2,(H2,12,15). The lowest BCUT2D eigenvalue weighted by atomic mass is 10.3. The van der Waals surface area contributed by atoms with Crippen molar-refractivity contribution >= 4 is 27.8 Å². The highest BCUT2D eigenvalue weighted by Crippen LogP contribution is 2.39. The van der Waals surface area contributed by atoms with E-state index in [1.807, 2.05) is 0 Å². The Morgan fingerprint density at radius 3 is 2.56 bits per heavy atom. The second-order valence-electron chi connectivity index (χ2n) is 3.61. The summed E-state index contributed by atoms with van der Waals surface area (Å²) in [5.74, 6) is -1.22. The maximum Gasteiger partial charge on any atom is 0.357 e. The van der Waals surface area contributed by atoms with Gasteiger partial charge in [0.1, 0.15) is 5.69 Å². The number of ether oxygens (including phenoxy) is 1. The van der Waals surface area contributed by atoms with Crippen molar-refractivity contribution in [3.8, 4) is 0 Å². The monoisotopic (exact) mass is 284 g/mol. The van der Waals surface area contributed by atoms with Crippen LogP contribution in [0.25, 0.3) is 0 Å². The minimum atomic E-state index is -1.09. The van der Waals surface area contributed by atoms with Gasteiger partial charge in [0.15, 0.2) is 5.60 Å². The van der Waals surface area contributed by atoms with Gasteiger partial charge in [-0.15, -0.1) is 0 Å². The summed E-state index contributed by atoms with van der Waals surface area (Å²) in [6.45, 7) is 0. The topological polar surface area (TPSA) is 82.3 Å². The van der Waals surface area contributed by atoms with E-state index in [2.05, 4.69) is 20.9 Å². The Morgan fingerprint density at radius 1 is 1.44 bits per heavy atom. The lowest BCUT2D eigenvalue weighted by molar-refractivity contribution is -0.128. The zero-order valence-electron chi connectivity index (χ0n) is 8.27. The number of carbonyl (C=O) groups is 2. The number of pyridine rings is 1. The van der Waals surface area contributed by atoms with Crippen LogP contribution in [0.2, 0.25) is 0 Å². The van der Waals surface area contributed by atoms with Gasteiger partial charge in [0.2, 0.25) is 0 Å². The van der Waals surface area contributed by atoms with E-state index >= 15 is 0 Å². The lowest BCUT2D eigenvalue weighted by Gasteiger charge is -2.11. The van der Waals surface area contributed by atoms with Crippen molar-refractivity contribution in [2.75, 3.05) is 0 Å². The summed E-state index contributed by atoms with van der Waals surface area (Å²) < 4.78 is 5.81. The third-order valence-corrected chi connectivity index (χ3v) is 2.85. The third-order valence-electron chi connectivity index (χ3n) is 2.38. The van der Waals surface area contributed by atoms with E-state index in [1.165, 1.54) is 12.3 Å². The molecule has 5 nitrogen and oxygen atoms in total. The largest absolute Gasteiger partial charge is 0.444 e. The number of aromatic nitrogens is 1. The number of hydrogen-bond donors (Lipinski definition) is 1. The van der Waals surface area contributed by atoms with Crippen LogP contribution in [0.4, 0.5) is 0 Å². The van der Waals surface area contributed by atoms with Crippen LogP contribution in [0, 0.1) is 0 Å². The zero-order valence-corrected chi connectivity index (χ0v) is 9.86. The quantitative estimate of drug-likeness (QED) is 0.840. The smallest absolute Gasteiger partial charge is 0.357 e. The Hall–Kier alpha value is -1.43. The molecule has 0 atom stereocenters. The predicted octanol–water partition coefficient (Wildman–Crippen LogP) is 1.02. The fraction of sp³-hybridized carbons (Fsp3) is 0.300. The minimum Gasteiger partial charge on any atom is -0.444 e. The second kappa shape index (κ2) is 3.86. The summed E-state index contributed by atoms with van der Waals surface area (Å²) in [6.07, 6.45) is 2.47. The van der Waals surface area contributed by atoms with Crippen molar-refractivity contribution in [1.82, 2.24) is 4.98 Å². The highest BCUT2D eigenvalue weighted by atomic mass is 79.9. The molecule has 1 aromatic rings. The zero-order chi connectivity index (χ0) is 11.8. The van der Waals surface area contributed by atoms with Crippen molar-refractivity contribution < 1.29 is 14.3 Å². The summed E-state index contributed by atoms with van der Waals surface area (Å²) in [7, 11) is 0. The Morgan fingerprint density at radius 2 is 2.12 bits per heavy atom. The maximum atomic E-state index is 11.6. The van der Waals surface area contributed by atoms with Crippen molar-refractivity contribution in [2.45, 2.75) is 18.4 Å². The van der Waals surface area contributed by atoms with E-state index in [9.17, 15) is 9.59 Å². The number of halogens is 1. The summed E-state index contributed by atoms with van der Waals surface area (Å²) in [4.78, 5) is 26.5. The molecule has 84 valence electrons. The molecular formula is C10H9BrN2O3. The maximum absolute atomic E-state index is 11.6. The molecule has 0 radical (unpaired) electrons. The fourth-order valence-electron chi connectivity index (χ4n) is 1.24. The molecule has 0 spiro atoms. The van der Waals surface area contributed by atoms with Crippen LogP contribution >= 0.6 is 15.9 Å². The first-order valence-corrected chi connectivity index (χ1v) is 5.48. The van der Waals surface area contributed by atoms with Crippen LogP contribution in [-0.4, -0.2) is 22.5 Å². The lowest BCUT2D eigenvalue weighted by Crippen LogP contribution is -2.35. The molecule has 1 aromatic heterocycles.